The van der Waals surface area contributed by atoms with Crippen molar-refractivity contribution in [3.8, 4) is 0 Å². The van der Waals surface area contributed by atoms with Gasteiger partial charge in [-0.25, -0.2) is 22.0 Å². The fourth-order valence-corrected chi connectivity index (χ4v) is 1.74. The van der Waals surface area contributed by atoms with Crippen LogP contribution in [0.4, 0.5) is 33.3 Å². The van der Waals surface area contributed by atoms with Crippen molar-refractivity contribution in [1.82, 2.24) is 0 Å². The summed E-state index contributed by atoms with van der Waals surface area (Å²) >= 11 is 4.57. The van der Waals surface area contributed by atoms with Gasteiger partial charge in [0, 0.05) is 17.7 Å². The first-order valence-corrected chi connectivity index (χ1v) is 5.91. The molecule has 0 bridgehead atoms. The van der Waals surface area contributed by atoms with Crippen LogP contribution in [0.2, 0.25) is 0 Å². The fourth-order valence-electron chi connectivity index (χ4n) is 1.62. The van der Waals surface area contributed by atoms with Crippen LogP contribution in [0.3, 0.4) is 0 Å². The Labute approximate surface area is 121 Å². The van der Waals surface area contributed by atoms with Gasteiger partial charge in [-0.2, -0.15) is 0 Å². The van der Waals surface area contributed by atoms with Crippen LogP contribution in [0.25, 0.3) is 0 Å². The molecule has 2 rings (SSSR count). The predicted octanol–water partition coefficient (Wildman–Crippen LogP) is 3.76. The highest BCUT2D eigenvalue weighted by Crippen LogP contribution is 2.28. The molecule has 2 nitrogen and oxygen atoms in total. The third-order valence-corrected chi connectivity index (χ3v) is 2.82. The molecule has 110 valence electrons. The lowest BCUT2D eigenvalue weighted by Gasteiger charge is -2.12. The Balaban J connectivity index is 2.48. The molecule has 0 unspecified atom stereocenters. The van der Waals surface area contributed by atoms with Crippen molar-refractivity contribution in [2.24, 2.45) is 5.73 Å². The van der Waals surface area contributed by atoms with Crippen LogP contribution in [0, 0.1) is 29.1 Å². The van der Waals surface area contributed by atoms with Crippen LogP contribution in [-0.2, 0) is 0 Å². The number of nitrogens with one attached hydrogen (secondary N) is 1. The summed E-state index contributed by atoms with van der Waals surface area (Å²) in [6.07, 6.45) is 0. The maximum atomic E-state index is 13.8. The van der Waals surface area contributed by atoms with Crippen LogP contribution >= 0.6 is 12.2 Å². The van der Waals surface area contributed by atoms with Crippen molar-refractivity contribution in [2.45, 2.75) is 0 Å². The fraction of sp³-hybridized carbons (Fsp3) is 0. The number of nitrogens with two attached hydrogens (primary N) is 1. The quantitative estimate of drug-likeness (QED) is 0.668. The second-order valence-corrected chi connectivity index (χ2v) is 4.49. The van der Waals surface area contributed by atoms with Gasteiger partial charge >= 0.3 is 0 Å². The molecular weight excluding hydrogens is 311 g/mol. The lowest BCUT2D eigenvalue weighted by atomic mass is 10.1. The number of hydrogen-bond acceptors (Lipinski definition) is 2. The van der Waals surface area contributed by atoms with E-state index in [0.29, 0.717) is 12.1 Å². The summed E-state index contributed by atoms with van der Waals surface area (Å²) < 4.78 is 67.2. The Hall–Kier alpha value is -2.22. The number of rotatable bonds is 3. The van der Waals surface area contributed by atoms with Gasteiger partial charge in [0.1, 0.15) is 33.8 Å². The molecule has 0 spiro atoms. The Bertz CT molecular complexity index is 686. The Morgan fingerprint density at radius 2 is 1.19 bits per heavy atom. The van der Waals surface area contributed by atoms with Crippen LogP contribution in [-0.4, -0.2) is 4.99 Å². The van der Waals surface area contributed by atoms with Gasteiger partial charge in [-0.3, -0.25) is 0 Å². The van der Waals surface area contributed by atoms with E-state index in [-0.39, 0.29) is 10.6 Å². The summed E-state index contributed by atoms with van der Waals surface area (Å²) in [5.41, 5.74) is 3.47. The predicted molar refractivity (Wildman–Crippen MR) is 71.8 cm³/mol. The third-order valence-electron chi connectivity index (χ3n) is 2.58. The Kier molecular flexibility index (Phi) is 4.08. The summed E-state index contributed by atoms with van der Waals surface area (Å²) in [5.74, 6) is -6.11. The number of thiocarbonyl (C=S) groups is 1. The summed E-state index contributed by atoms with van der Waals surface area (Å²) in [4.78, 5) is -0.238. The van der Waals surface area contributed by atoms with E-state index >= 15 is 0 Å². The summed E-state index contributed by atoms with van der Waals surface area (Å²) in [5, 5.41) is 1.92. The number of anilines is 2. The first-order chi connectivity index (χ1) is 9.79. The molecule has 0 amide bonds. The monoisotopic (exact) mass is 318 g/mol. The van der Waals surface area contributed by atoms with E-state index in [2.05, 4.69) is 12.2 Å². The van der Waals surface area contributed by atoms with E-state index in [4.69, 9.17) is 5.73 Å². The second-order valence-electron chi connectivity index (χ2n) is 4.05. The molecule has 3 N–H and O–H groups in total. The van der Waals surface area contributed by atoms with Crippen molar-refractivity contribution >= 4 is 28.6 Å². The lowest BCUT2D eigenvalue weighted by Crippen LogP contribution is -2.11. The summed E-state index contributed by atoms with van der Waals surface area (Å²) in [7, 11) is 0. The maximum absolute atomic E-state index is 13.8. The molecule has 0 saturated carbocycles. The molecule has 0 aliphatic heterocycles. The van der Waals surface area contributed by atoms with E-state index in [1.165, 1.54) is 0 Å². The highest BCUT2D eigenvalue weighted by molar-refractivity contribution is 7.80. The molecule has 8 heteroatoms. The van der Waals surface area contributed by atoms with Gasteiger partial charge < -0.3 is 11.1 Å². The van der Waals surface area contributed by atoms with E-state index in [1.807, 2.05) is 5.32 Å². The van der Waals surface area contributed by atoms with Gasteiger partial charge in [0.15, 0.2) is 11.6 Å². The van der Waals surface area contributed by atoms with Crippen LogP contribution in [0.5, 0.6) is 0 Å². The molecule has 0 aromatic heterocycles. The van der Waals surface area contributed by atoms with E-state index in [9.17, 15) is 22.0 Å². The maximum Gasteiger partial charge on any atom is 0.152 e. The molecule has 0 radical (unpaired) electrons. The largest absolute Gasteiger partial charge is 0.389 e. The number of benzene rings is 2. The number of hydrogen-bond donors (Lipinski definition) is 2. The molecule has 0 fully saturated rings. The van der Waals surface area contributed by atoms with Crippen molar-refractivity contribution in [3.05, 3.63) is 58.9 Å². The van der Waals surface area contributed by atoms with Gasteiger partial charge in [0.2, 0.25) is 0 Å². The number of halogens is 5. The molecule has 21 heavy (non-hydrogen) atoms. The highest BCUT2D eigenvalue weighted by Gasteiger charge is 2.17. The van der Waals surface area contributed by atoms with Crippen molar-refractivity contribution < 1.29 is 22.0 Å². The van der Waals surface area contributed by atoms with Crippen LogP contribution < -0.4 is 11.1 Å². The SMILES string of the molecule is NC(=S)c1cc(F)c(Nc2c(F)cc(F)cc2F)c(F)c1. The Morgan fingerprint density at radius 1 is 0.810 bits per heavy atom. The van der Waals surface area contributed by atoms with Gasteiger partial charge in [-0.1, -0.05) is 12.2 Å². The van der Waals surface area contributed by atoms with Gasteiger partial charge in [0.05, 0.1) is 0 Å². The Morgan fingerprint density at radius 3 is 1.57 bits per heavy atom. The molecule has 0 saturated heterocycles. The first kappa shape index (κ1) is 15.2. The average molecular weight is 318 g/mol. The summed E-state index contributed by atoms with van der Waals surface area (Å²) in [6.45, 7) is 0. The minimum absolute atomic E-state index is 0.0781. The smallest absolute Gasteiger partial charge is 0.152 e. The van der Waals surface area contributed by atoms with E-state index < -0.39 is 40.5 Å². The molecule has 0 aliphatic rings. The lowest BCUT2D eigenvalue weighted by molar-refractivity contribution is 0.547. The average Bonchev–Trinajstić information content (AvgIpc) is 2.35. The van der Waals surface area contributed by atoms with Crippen LogP contribution in [0.1, 0.15) is 5.56 Å². The van der Waals surface area contributed by atoms with E-state index in [0.717, 1.165) is 12.1 Å². The normalized spacial score (nSPS) is 10.5. The second kappa shape index (κ2) is 5.65. The highest BCUT2D eigenvalue weighted by atomic mass is 32.1. The minimum atomic E-state index is -1.33. The van der Waals surface area contributed by atoms with Crippen molar-refractivity contribution in [1.29, 1.82) is 0 Å². The third kappa shape index (κ3) is 3.10. The zero-order chi connectivity index (χ0) is 15.7. The molecule has 0 aliphatic carbocycles. The zero-order valence-corrected chi connectivity index (χ0v) is 11.0. The zero-order valence-electron chi connectivity index (χ0n) is 10.2. The van der Waals surface area contributed by atoms with Crippen LogP contribution in [0.15, 0.2) is 24.3 Å². The standard InChI is InChI=1S/C13H7F5N2S/c14-6-3-9(17)12(10(18)4-6)20-11-7(15)1-5(13(19)21)2-8(11)16/h1-4,20H,(H2,19,21). The van der Waals surface area contributed by atoms with Gasteiger partial charge in [-0.15, -0.1) is 0 Å². The van der Waals surface area contributed by atoms with Gasteiger partial charge in [0.25, 0.3) is 0 Å². The minimum Gasteiger partial charge on any atom is -0.389 e. The summed E-state index contributed by atoms with van der Waals surface area (Å²) in [6, 6.07) is 2.38. The molecule has 2 aromatic rings. The molecule has 2 aromatic carbocycles. The van der Waals surface area contributed by atoms with Gasteiger partial charge in [-0.05, 0) is 12.1 Å². The van der Waals surface area contributed by atoms with E-state index in [1.54, 1.807) is 0 Å². The molecule has 0 heterocycles. The molecular formula is C13H7F5N2S. The van der Waals surface area contributed by atoms with Crippen molar-refractivity contribution in [3.63, 3.8) is 0 Å². The topological polar surface area (TPSA) is 38.0 Å². The van der Waals surface area contributed by atoms with Crippen molar-refractivity contribution in [2.75, 3.05) is 5.32 Å². The molecule has 0 atom stereocenters. The first-order valence-electron chi connectivity index (χ1n) is 5.50.